The number of guanidine groups is 1. The Balaban J connectivity index is 0. The topological polar surface area (TPSA) is 84.0 Å². The van der Waals surface area contributed by atoms with Gasteiger partial charge >= 0.3 is 6.09 Å². The normalized spacial score (nSPS) is 13.0. The summed E-state index contributed by atoms with van der Waals surface area (Å²) >= 11 is 0. The molecule has 0 saturated carbocycles. The lowest BCUT2D eigenvalue weighted by atomic mass is 10.2. The molecule has 1 amide bonds. The summed E-state index contributed by atoms with van der Waals surface area (Å²) in [4.78, 5) is 15.5. The zero-order valence-electron chi connectivity index (χ0n) is 13.8. The maximum Gasteiger partial charge on any atom is 0.407 e. The molecule has 0 radical (unpaired) electrons. The lowest BCUT2D eigenvalue weighted by Gasteiger charge is -2.20. The molecule has 0 bridgehead atoms. The first-order valence-corrected chi connectivity index (χ1v) is 6.71. The molecule has 1 unspecified atom stereocenters. The van der Waals surface area contributed by atoms with Crippen LogP contribution in [-0.2, 0) is 9.47 Å². The van der Waals surface area contributed by atoms with Gasteiger partial charge in [0.05, 0.1) is 6.61 Å². The Hall–Kier alpha value is -0.770. The molecule has 0 aromatic rings. The first kappa shape index (κ1) is 22.5. The highest BCUT2D eigenvalue weighted by Crippen LogP contribution is 2.05. The molecule has 0 heterocycles. The predicted octanol–water partition coefficient (Wildman–Crippen LogP) is 1.33. The lowest BCUT2D eigenvalue weighted by molar-refractivity contribution is 0.0529. The van der Waals surface area contributed by atoms with E-state index in [1.165, 1.54) is 0 Å². The van der Waals surface area contributed by atoms with Crippen LogP contribution in [0.5, 0.6) is 0 Å². The molecule has 7 nitrogen and oxygen atoms in total. The minimum atomic E-state index is -0.481. The number of hydrogen-bond acceptors (Lipinski definition) is 4. The summed E-state index contributed by atoms with van der Waals surface area (Å²) in [5.41, 5.74) is -0.481. The summed E-state index contributed by atoms with van der Waals surface area (Å²) in [6, 6.07) is 0.157. The first-order valence-electron chi connectivity index (χ1n) is 6.71. The number of nitrogens with zero attached hydrogens (tertiary/aromatic N) is 1. The minimum Gasteiger partial charge on any atom is -0.444 e. The van der Waals surface area contributed by atoms with Gasteiger partial charge in [0.25, 0.3) is 0 Å². The van der Waals surface area contributed by atoms with E-state index in [0.717, 1.165) is 0 Å². The van der Waals surface area contributed by atoms with Gasteiger partial charge in [-0.05, 0) is 27.7 Å². The number of carbonyl (C=O) groups is 1. The number of alkyl carbamates (subject to hydrolysis) is 1. The molecule has 0 spiro atoms. The van der Waals surface area contributed by atoms with Crippen LogP contribution in [0, 0.1) is 0 Å². The molecule has 3 N–H and O–H groups in total. The van der Waals surface area contributed by atoms with Crippen molar-refractivity contribution >= 4 is 36.0 Å². The highest BCUT2D eigenvalue weighted by atomic mass is 127. The molecule has 0 aliphatic carbocycles. The first-order chi connectivity index (χ1) is 9.28. The monoisotopic (exact) mass is 416 g/mol. The number of nitrogens with one attached hydrogen (secondary N) is 3. The van der Waals surface area contributed by atoms with Crippen molar-refractivity contribution in [3.05, 3.63) is 0 Å². The van der Waals surface area contributed by atoms with Crippen molar-refractivity contribution in [3.8, 4) is 0 Å². The SMILES string of the molecule is CN=C(NCCNC(=O)OC(C)(C)C)NC(C)COC.I. The van der Waals surface area contributed by atoms with Gasteiger partial charge in [0.1, 0.15) is 5.60 Å². The Bertz CT molecular complexity index is 319. The van der Waals surface area contributed by atoms with Crippen molar-refractivity contribution in [2.75, 3.05) is 33.9 Å². The number of aliphatic imine (C=N–C) groups is 1. The Labute approximate surface area is 144 Å². The smallest absolute Gasteiger partial charge is 0.407 e. The fraction of sp³-hybridized carbons (Fsp3) is 0.846. The maximum absolute atomic E-state index is 11.4. The quantitative estimate of drug-likeness (QED) is 0.263. The van der Waals surface area contributed by atoms with Crippen LogP contribution in [-0.4, -0.2) is 57.5 Å². The molecule has 126 valence electrons. The van der Waals surface area contributed by atoms with E-state index in [2.05, 4.69) is 20.9 Å². The van der Waals surface area contributed by atoms with Crippen molar-refractivity contribution in [1.82, 2.24) is 16.0 Å². The Morgan fingerprint density at radius 2 is 1.81 bits per heavy atom. The molecule has 0 fully saturated rings. The van der Waals surface area contributed by atoms with Gasteiger partial charge in [0, 0.05) is 33.3 Å². The van der Waals surface area contributed by atoms with E-state index in [1.807, 2.05) is 27.7 Å². The van der Waals surface area contributed by atoms with E-state index in [4.69, 9.17) is 9.47 Å². The van der Waals surface area contributed by atoms with Crippen LogP contribution in [0.1, 0.15) is 27.7 Å². The summed E-state index contributed by atoms with van der Waals surface area (Å²) in [6.45, 7) is 9.08. The molecule has 0 rings (SSSR count). The summed E-state index contributed by atoms with van der Waals surface area (Å²) < 4.78 is 10.2. The Morgan fingerprint density at radius 1 is 1.24 bits per heavy atom. The zero-order chi connectivity index (χ0) is 15.6. The Kier molecular flexibility index (Phi) is 12.7. The average molecular weight is 416 g/mol. The van der Waals surface area contributed by atoms with Crippen LogP contribution in [0.2, 0.25) is 0 Å². The van der Waals surface area contributed by atoms with Crippen LogP contribution in [0.25, 0.3) is 0 Å². The van der Waals surface area contributed by atoms with Crippen molar-refractivity contribution in [1.29, 1.82) is 0 Å². The number of carbonyl (C=O) groups excluding carboxylic acids is 1. The van der Waals surface area contributed by atoms with E-state index in [9.17, 15) is 4.79 Å². The van der Waals surface area contributed by atoms with Crippen LogP contribution >= 0.6 is 24.0 Å². The average Bonchev–Trinajstić information content (AvgIpc) is 2.31. The molecule has 1 atom stereocenters. The summed E-state index contributed by atoms with van der Waals surface area (Å²) in [5.74, 6) is 0.667. The Morgan fingerprint density at radius 3 is 2.29 bits per heavy atom. The number of halogens is 1. The lowest BCUT2D eigenvalue weighted by Crippen LogP contribution is -2.46. The van der Waals surface area contributed by atoms with Crippen LogP contribution in [0.3, 0.4) is 0 Å². The van der Waals surface area contributed by atoms with Gasteiger partial charge in [-0.1, -0.05) is 0 Å². The number of methoxy groups -OCH3 is 1. The fourth-order valence-electron chi connectivity index (χ4n) is 1.38. The van der Waals surface area contributed by atoms with Gasteiger partial charge in [-0.25, -0.2) is 4.79 Å². The van der Waals surface area contributed by atoms with E-state index in [-0.39, 0.29) is 30.0 Å². The van der Waals surface area contributed by atoms with Gasteiger partial charge < -0.3 is 25.4 Å². The minimum absolute atomic E-state index is 0. The molecule has 0 aromatic heterocycles. The highest BCUT2D eigenvalue weighted by molar-refractivity contribution is 14.0. The van der Waals surface area contributed by atoms with E-state index >= 15 is 0 Å². The maximum atomic E-state index is 11.4. The number of ether oxygens (including phenoxy) is 2. The number of rotatable bonds is 6. The van der Waals surface area contributed by atoms with Crippen molar-refractivity contribution in [2.24, 2.45) is 4.99 Å². The number of amides is 1. The second-order valence-electron chi connectivity index (χ2n) is 5.43. The third kappa shape index (κ3) is 13.9. The summed E-state index contributed by atoms with van der Waals surface area (Å²) in [5, 5.41) is 8.92. The molecule has 0 saturated heterocycles. The molecule has 0 aliphatic rings. The highest BCUT2D eigenvalue weighted by Gasteiger charge is 2.15. The van der Waals surface area contributed by atoms with Crippen molar-refractivity contribution in [2.45, 2.75) is 39.3 Å². The van der Waals surface area contributed by atoms with Gasteiger partial charge in [-0.2, -0.15) is 0 Å². The summed E-state index contributed by atoms with van der Waals surface area (Å²) in [7, 11) is 3.34. The molecule has 0 aliphatic heterocycles. The van der Waals surface area contributed by atoms with Gasteiger partial charge in [-0.15, -0.1) is 24.0 Å². The van der Waals surface area contributed by atoms with Crippen molar-refractivity contribution in [3.63, 3.8) is 0 Å². The van der Waals surface area contributed by atoms with E-state index in [0.29, 0.717) is 25.7 Å². The second kappa shape index (κ2) is 11.8. The predicted molar refractivity (Wildman–Crippen MR) is 95.5 cm³/mol. The third-order valence-corrected chi connectivity index (χ3v) is 2.11. The largest absolute Gasteiger partial charge is 0.444 e. The number of hydrogen-bond donors (Lipinski definition) is 3. The van der Waals surface area contributed by atoms with Gasteiger partial charge in [-0.3, -0.25) is 4.99 Å². The van der Waals surface area contributed by atoms with E-state index < -0.39 is 11.7 Å². The van der Waals surface area contributed by atoms with Crippen molar-refractivity contribution < 1.29 is 14.3 Å². The van der Waals surface area contributed by atoms with Gasteiger partial charge in [0.2, 0.25) is 0 Å². The molecular formula is C13H29IN4O3. The van der Waals surface area contributed by atoms with Gasteiger partial charge in [0.15, 0.2) is 5.96 Å². The standard InChI is InChI=1S/C13H28N4O3.HI/c1-10(9-19-6)17-11(14-5)15-7-8-16-12(18)20-13(2,3)4;/h10H,7-9H2,1-6H3,(H,16,18)(H2,14,15,17);1H. The molecule has 8 heteroatoms. The summed E-state index contributed by atoms with van der Waals surface area (Å²) in [6.07, 6.45) is -0.421. The molecule has 0 aromatic carbocycles. The molecule has 21 heavy (non-hydrogen) atoms. The van der Waals surface area contributed by atoms with E-state index in [1.54, 1.807) is 14.2 Å². The zero-order valence-corrected chi connectivity index (χ0v) is 16.1. The third-order valence-electron chi connectivity index (χ3n) is 2.11. The van der Waals surface area contributed by atoms with Crippen LogP contribution in [0.4, 0.5) is 4.79 Å². The second-order valence-corrected chi connectivity index (χ2v) is 5.43. The van der Waals surface area contributed by atoms with Crippen LogP contribution < -0.4 is 16.0 Å². The fourth-order valence-corrected chi connectivity index (χ4v) is 1.38. The van der Waals surface area contributed by atoms with Crippen LogP contribution in [0.15, 0.2) is 4.99 Å². The molecular weight excluding hydrogens is 387 g/mol.